The molecule has 4 nitrogen and oxygen atoms in total. The van der Waals surface area contributed by atoms with Gasteiger partial charge in [0, 0.05) is 5.75 Å². The lowest BCUT2D eigenvalue weighted by Crippen LogP contribution is -2.39. The van der Waals surface area contributed by atoms with Crippen LogP contribution in [0.3, 0.4) is 0 Å². The molecule has 3 N–H and O–H groups in total. The van der Waals surface area contributed by atoms with E-state index in [4.69, 9.17) is 15.3 Å². The zero-order valence-electron chi connectivity index (χ0n) is 6.17. The maximum absolute atomic E-state index is 9.93. The van der Waals surface area contributed by atoms with E-state index in [0.717, 1.165) is 0 Å². The molecule has 0 aromatic rings. The molecule has 3 atom stereocenters. The highest BCUT2D eigenvalue weighted by atomic mass is 32.2. The normalized spacial score (nSPS) is 18.9. The molecule has 0 bridgehead atoms. The Bertz CT molecular complexity index is 119. The lowest BCUT2D eigenvalue weighted by molar-refractivity contribution is -0.124. The predicted octanol–water partition coefficient (Wildman–Crippen LogP) is -1.37. The Morgan fingerprint density at radius 1 is 1.45 bits per heavy atom. The molecule has 0 radical (unpaired) electrons. The molecule has 0 aliphatic heterocycles. The number of aliphatic hydroxyl groups excluding tert-OH is 3. The maximum atomic E-state index is 9.93. The van der Waals surface area contributed by atoms with Gasteiger partial charge < -0.3 is 20.1 Å². The summed E-state index contributed by atoms with van der Waals surface area (Å²) in [5.41, 5.74) is 0. The van der Waals surface area contributed by atoms with Crippen LogP contribution in [0.15, 0.2) is 0 Å². The predicted molar refractivity (Wildman–Crippen MR) is 42.5 cm³/mol. The minimum atomic E-state index is -1.49. The van der Waals surface area contributed by atoms with E-state index in [1.54, 1.807) is 6.26 Å². The van der Waals surface area contributed by atoms with Crippen LogP contribution in [0.5, 0.6) is 0 Å². The molecule has 0 heterocycles. The van der Waals surface area contributed by atoms with Gasteiger partial charge in [-0.25, -0.2) is 0 Å². The van der Waals surface area contributed by atoms with Gasteiger partial charge in [0.2, 0.25) is 0 Å². The van der Waals surface area contributed by atoms with Gasteiger partial charge in [-0.2, -0.15) is 11.8 Å². The number of rotatable bonds is 5. The molecule has 66 valence electrons. The Morgan fingerprint density at radius 2 is 2.00 bits per heavy atom. The number of hydrogen-bond acceptors (Lipinski definition) is 5. The summed E-state index contributed by atoms with van der Waals surface area (Å²) in [4.78, 5) is 9.93. The van der Waals surface area contributed by atoms with Crippen LogP contribution in [-0.2, 0) is 4.79 Å². The van der Waals surface area contributed by atoms with Crippen molar-refractivity contribution in [3.05, 3.63) is 0 Å². The molecule has 5 heteroatoms. The summed E-state index contributed by atoms with van der Waals surface area (Å²) in [5, 5.41) is 26.7. The van der Waals surface area contributed by atoms with E-state index in [-0.39, 0.29) is 6.29 Å². The number of hydrogen-bond donors (Lipinski definition) is 3. The van der Waals surface area contributed by atoms with Crippen LogP contribution in [-0.4, -0.2) is 51.9 Å². The van der Waals surface area contributed by atoms with Gasteiger partial charge >= 0.3 is 0 Å². The highest BCUT2D eigenvalue weighted by molar-refractivity contribution is 7.98. The van der Waals surface area contributed by atoms with Gasteiger partial charge in [0.15, 0.2) is 6.29 Å². The van der Waals surface area contributed by atoms with Crippen molar-refractivity contribution >= 4 is 18.0 Å². The molecule has 0 rings (SSSR count). The molecule has 0 spiro atoms. The molecular weight excluding hydrogens is 168 g/mol. The SMILES string of the molecule is CSC[C@@H](O)[C@H](O)[C@@H](O)C=O. The number of aliphatic hydroxyl groups is 3. The standard InChI is InChI=1S/C6H12O4S/c1-11-3-5(9)6(10)4(8)2-7/h2,4-6,8-10H,3H2,1H3/t4-,5+,6+/m0/s1. The van der Waals surface area contributed by atoms with Crippen LogP contribution >= 0.6 is 11.8 Å². The lowest BCUT2D eigenvalue weighted by atomic mass is 10.1. The van der Waals surface area contributed by atoms with Crippen molar-refractivity contribution in [1.29, 1.82) is 0 Å². The Labute approximate surface area is 69.2 Å². The third-order valence-electron chi connectivity index (χ3n) is 1.22. The fourth-order valence-electron chi connectivity index (χ4n) is 0.577. The van der Waals surface area contributed by atoms with Gasteiger partial charge in [0.25, 0.3) is 0 Å². The minimum absolute atomic E-state index is 0.203. The summed E-state index contributed by atoms with van der Waals surface area (Å²) in [6, 6.07) is 0. The fraction of sp³-hybridized carbons (Fsp3) is 0.833. The zero-order valence-corrected chi connectivity index (χ0v) is 6.99. The summed E-state index contributed by atoms with van der Waals surface area (Å²) < 4.78 is 0. The topological polar surface area (TPSA) is 77.8 Å². The molecule has 11 heavy (non-hydrogen) atoms. The lowest BCUT2D eigenvalue weighted by Gasteiger charge is -2.17. The minimum Gasteiger partial charge on any atom is -0.389 e. The van der Waals surface area contributed by atoms with Crippen molar-refractivity contribution in [3.8, 4) is 0 Å². The van der Waals surface area contributed by atoms with Gasteiger partial charge in [0.1, 0.15) is 12.2 Å². The van der Waals surface area contributed by atoms with E-state index in [9.17, 15) is 4.79 Å². The van der Waals surface area contributed by atoms with Crippen molar-refractivity contribution in [2.75, 3.05) is 12.0 Å². The van der Waals surface area contributed by atoms with E-state index in [2.05, 4.69) is 0 Å². The second-order valence-corrected chi connectivity index (χ2v) is 3.05. The van der Waals surface area contributed by atoms with Gasteiger partial charge in [-0.15, -0.1) is 0 Å². The molecule has 0 saturated carbocycles. The highest BCUT2D eigenvalue weighted by Gasteiger charge is 2.23. The van der Waals surface area contributed by atoms with Gasteiger partial charge in [-0.05, 0) is 6.26 Å². The Morgan fingerprint density at radius 3 is 2.36 bits per heavy atom. The average molecular weight is 180 g/mol. The summed E-state index contributed by atoms with van der Waals surface area (Å²) in [5.74, 6) is 0.298. The molecular formula is C6H12O4S. The van der Waals surface area contributed by atoms with E-state index in [1.165, 1.54) is 11.8 Å². The third-order valence-corrected chi connectivity index (χ3v) is 1.90. The molecule has 0 unspecified atom stereocenters. The fourth-order valence-corrected chi connectivity index (χ4v) is 1.12. The van der Waals surface area contributed by atoms with E-state index < -0.39 is 18.3 Å². The number of aldehydes is 1. The van der Waals surface area contributed by atoms with Crippen molar-refractivity contribution in [2.24, 2.45) is 0 Å². The number of thioether (sulfide) groups is 1. The van der Waals surface area contributed by atoms with E-state index in [1.807, 2.05) is 0 Å². The monoisotopic (exact) mass is 180 g/mol. The van der Waals surface area contributed by atoms with E-state index in [0.29, 0.717) is 5.75 Å². The first-order chi connectivity index (χ1) is 5.13. The van der Waals surface area contributed by atoms with Crippen molar-refractivity contribution in [3.63, 3.8) is 0 Å². The first-order valence-electron chi connectivity index (χ1n) is 3.12. The second-order valence-electron chi connectivity index (χ2n) is 2.14. The van der Waals surface area contributed by atoms with Crippen LogP contribution in [0, 0.1) is 0 Å². The summed E-state index contributed by atoms with van der Waals surface area (Å²) >= 11 is 1.33. The van der Waals surface area contributed by atoms with E-state index >= 15 is 0 Å². The quantitative estimate of drug-likeness (QED) is 0.455. The smallest absolute Gasteiger partial charge is 0.151 e. The summed E-state index contributed by atoms with van der Waals surface area (Å²) in [6.45, 7) is 0. The Kier molecular flexibility index (Phi) is 5.49. The molecule has 0 aromatic heterocycles. The van der Waals surface area contributed by atoms with Crippen molar-refractivity contribution < 1.29 is 20.1 Å². The first-order valence-corrected chi connectivity index (χ1v) is 4.51. The molecule has 0 saturated heterocycles. The Balaban J connectivity index is 3.79. The molecule has 0 aromatic carbocycles. The molecule has 0 amide bonds. The van der Waals surface area contributed by atoms with Crippen LogP contribution in [0.2, 0.25) is 0 Å². The Hall–Kier alpha value is -0.100. The van der Waals surface area contributed by atoms with Gasteiger partial charge in [0.05, 0.1) is 6.10 Å². The first kappa shape index (κ1) is 10.9. The largest absolute Gasteiger partial charge is 0.389 e. The summed E-state index contributed by atoms with van der Waals surface area (Å²) in [6.07, 6.45) is -1.96. The zero-order chi connectivity index (χ0) is 8.85. The third kappa shape index (κ3) is 3.71. The average Bonchev–Trinajstić information content (AvgIpc) is 2.02. The second kappa shape index (κ2) is 5.54. The maximum Gasteiger partial charge on any atom is 0.151 e. The molecule has 0 aliphatic carbocycles. The number of carbonyl (C=O) groups excluding carboxylic acids is 1. The van der Waals surface area contributed by atoms with Crippen molar-refractivity contribution in [2.45, 2.75) is 18.3 Å². The molecule has 0 aliphatic rings. The molecule has 0 fully saturated rings. The van der Waals surface area contributed by atoms with Crippen LogP contribution in [0.25, 0.3) is 0 Å². The number of carbonyl (C=O) groups is 1. The van der Waals surface area contributed by atoms with Crippen molar-refractivity contribution in [1.82, 2.24) is 0 Å². The van der Waals surface area contributed by atoms with Gasteiger partial charge in [-0.3, -0.25) is 0 Å². The van der Waals surface area contributed by atoms with Crippen LogP contribution in [0.4, 0.5) is 0 Å². The van der Waals surface area contributed by atoms with Gasteiger partial charge in [-0.1, -0.05) is 0 Å². The summed E-state index contributed by atoms with van der Waals surface area (Å²) in [7, 11) is 0. The highest BCUT2D eigenvalue weighted by Crippen LogP contribution is 2.04. The van der Waals surface area contributed by atoms with Crippen LogP contribution < -0.4 is 0 Å². The van der Waals surface area contributed by atoms with Crippen LogP contribution in [0.1, 0.15) is 0 Å².